The Morgan fingerprint density at radius 2 is 1.06 bits per heavy atom. The van der Waals surface area contributed by atoms with Gasteiger partial charge in [0.2, 0.25) is 0 Å². The van der Waals surface area contributed by atoms with Crippen LogP contribution in [0.4, 0.5) is 0 Å². The molecule has 18 heavy (non-hydrogen) atoms. The van der Waals surface area contributed by atoms with Gasteiger partial charge in [-0.2, -0.15) is 0 Å². The van der Waals surface area contributed by atoms with E-state index in [0.717, 1.165) is 0 Å². The van der Waals surface area contributed by atoms with E-state index in [1.807, 2.05) is 0 Å². The zero-order valence-corrected chi connectivity index (χ0v) is 18.4. The topological polar surface area (TPSA) is 0 Å². The van der Waals surface area contributed by atoms with Gasteiger partial charge < -0.3 is 0 Å². The molecule has 0 aromatic heterocycles. The van der Waals surface area contributed by atoms with Crippen LogP contribution in [0.5, 0.6) is 0 Å². The Kier molecular flexibility index (Phi) is 4.00. The summed E-state index contributed by atoms with van der Waals surface area (Å²) in [5, 5.41) is 0. The van der Waals surface area contributed by atoms with Gasteiger partial charge in [-0.05, 0) is 11.1 Å². The summed E-state index contributed by atoms with van der Waals surface area (Å²) in [7, 11) is 0. The van der Waals surface area contributed by atoms with Gasteiger partial charge in [-0.25, -0.2) is 0 Å². The van der Waals surface area contributed by atoms with Crippen molar-refractivity contribution in [2.45, 2.75) is 28.0 Å². The second-order valence-corrected chi connectivity index (χ2v) is 11.3. The first-order valence-corrected chi connectivity index (χ1v) is 10.7. The number of fused-ring (bicyclic) bond motifs is 4. The fourth-order valence-electron chi connectivity index (χ4n) is 2.91. The molecule has 0 saturated heterocycles. The van der Waals surface area contributed by atoms with Crippen LogP contribution in [0.3, 0.4) is 0 Å². The van der Waals surface area contributed by atoms with E-state index in [1.165, 1.54) is 11.1 Å². The molecule has 1 saturated carbocycles. The van der Waals surface area contributed by atoms with Gasteiger partial charge in [-0.3, -0.25) is 0 Å². The van der Waals surface area contributed by atoms with Gasteiger partial charge in [0, 0.05) is 19.3 Å². The van der Waals surface area contributed by atoms with E-state index in [0.29, 0.717) is 9.65 Å². The summed E-state index contributed by atoms with van der Waals surface area (Å²) in [6.45, 7) is 0. The standard InChI is InChI=1S/C12H8Br6/c13-7-8(14)10(16)12(18)6-4-2-1-3-5(6)11(12,17)9(7)15/h1-4,7-10H/t7-,8-,9-,10+,11+,12-/m0/s1. The summed E-state index contributed by atoms with van der Waals surface area (Å²) in [6, 6.07) is 8.60. The summed E-state index contributed by atoms with van der Waals surface area (Å²) in [4.78, 5) is 1.25. The minimum Gasteiger partial charge on any atom is -0.0865 e. The normalized spacial score (nSPS) is 50.1. The Balaban J connectivity index is 2.24. The number of hydrogen-bond acceptors (Lipinski definition) is 0. The van der Waals surface area contributed by atoms with Crippen molar-refractivity contribution in [3.8, 4) is 0 Å². The maximum atomic E-state index is 4.00. The van der Waals surface area contributed by atoms with E-state index in [4.69, 9.17) is 0 Å². The maximum Gasteiger partial charge on any atom is 0.0849 e. The molecule has 1 aromatic carbocycles. The zero-order chi connectivity index (χ0) is 13.3. The van der Waals surface area contributed by atoms with Gasteiger partial charge in [0.05, 0.1) is 8.65 Å². The Labute approximate surface area is 157 Å². The van der Waals surface area contributed by atoms with E-state index < -0.39 is 0 Å². The van der Waals surface area contributed by atoms with E-state index in [9.17, 15) is 0 Å². The van der Waals surface area contributed by atoms with Crippen molar-refractivity contribution in [2.75, 3.05) is 0 Å². The van der Waals surface area contributed by atoms with E-state index in [2.05, 4.69) is 120 Å². The highest BCUT2D eigenvalue weighted by atomic mass is 79.9. The fourth-order valence-corrected chi connectivity index (χ4v) is 10.5. The van der Waals surface area contributed by atoms with Crippen molar-refractivity contribution in [1.29, 1.82) is 0 Å². The Morgan fingerprint density at radius 1 is 0.722 bits per heavy atom. The zero-order valence-electron chi connectivity index (χ0n) is 8.89. The van der Waals surface area contributed by atoms with Gasteiger partial charge in [0.25, 0.3) is 0 Å². The van der Waals surface area contributed by atoms with Crippen molar-refractivity contribution >= 4 is 95.6 Å². The molecule has 0 bridgehead atoms. The van der Waals surface area contributed by atoms with Crippen LogP contribution in [-0.4, -0.2) is 19.3 Å². The lowest BCUT2D eigenvalue weighted by Gasteiger charge is -2.63. The van der Waals surface area contributed by atoms with Crippen LogP contribution in [0.15, 0.2) is 24.3 Å². The lowest BCUT2D eigenvalue weighted by molar-refractivity contribution is 0.328. The molecule has 1 aromatic rings. The lowest BCUT2D eigenvalue weighted by Crippen LogP contribution is -2.69. The molecule has 0 amide bonds. The van der Waals surface area contributed by atoms with Crippen molar-refractivity contribution in [2.24, 2.45) is 0 Å². The number of alkyl halides is 6. The number of hydrogen-bond donors (Lipinski definition) is 0. The molecule has 1 fully saturated rings. The molecule has 0 unspecified atom stereocenters. The van der Waals surface area contributed by atoms with Crippen molar-refractivity contribution < 1.29 is 0 Å². The third-order valence-electron chi connectivity index (χ3n) is 3.86. The minimum absolute atomic E-state index is 0.108. The largest absolute Gasteiger partial charge is 0.0865 e. The average Bonchev–Trinajstić information content (AvgIpc) is 2.41. The molecule has 0 radical (unpaired) electrons. The summed E-state index contributed by atoms with van der Waals surface area (Å²) >= 11 is 23.3. The second-order valence-electron chi connectivity index (χ2n) is 4.66. The molecular weight excluding hydrogens is 624 g/mol. The number of rotatable bonds is 0. The fraction of sp³-hybridized carbons (Fsp3) is 0.500. The molecule has 0 nitrogen and oxygen atoms in total. The molecule has 6 atom stereocenters. The van der Waals surface area contributed by atoms with Gasteiger partial charge >= 0.3 is 0 Å². The van der Waals surface area contributed by atoms with Crippen LogP contribution >= 0.6 is 95.6 Å². The molecule has 3 rings (SSSR count). The highest BCUT2D eigenvalue weighted by Gasteiger charge is 2.72. The van der Waals surface area contributed by atoms with Crippen LogP contribution in [0.25, 0.3) is 0 Å². The summed E-state index contributed by atoms with van der Waals surface area (Å²) in [5.41, 5.74) is 2.72. The van der Waals surface area contributed by atoms with Gasteiger partial charge in [-0.15, -0.1) is 0 Å². The van der Waals surface area contributed by atoms with Gasteiger partial charge in [0.15, 0.2) is 0 Å². The molecule has 98 valence electrons. The molecule has 0 N–H and O–H groups in total. The van der Waals surface area contributed by atoms with Crippen LogP contribution in [0.1, 0.15) is 11.1 Å². The molecule has 0 aliphatic heterocycles. The van der Waals surface area contributed by atoms with Crippen LogP contribution in [-0.2, 0) is 8.65 Å². The number of benzene rings is 1. The predicted octanol–water partition coefficient (Wildman–Crippen LogP) is 5.95. The highest BCUT2D eigenvalue weighted by molar-refractivity contribution is 9.16. The SMILES string of the molecule is Br[C@H]1[C@H](Br)[C@H](Br)[C@]2(Br)c3ccccc3[C@]2(Br)[C@@H]1Br. The van der Waals surface area contributed by atoms with Gasteiger partial charge in [0.1, 0.15) is 0 Å². The summed E-state index contributed by atoms with van der Waals surface area (Å²) < 4.78 is -0.216. The molecule has 0 spiro atoms. The first-order valence-electron chi connectivity index (χ1n) is 5.41. The van der Waals surface area contributed by atoms with Crippen LogP contribution in [0.2, 0.25) is 0 Å². The van der Waals surface area contributed by atoms with Crippen LogP contribution < -0.4 is 0 Å². The predicted molar refractivity (Wildman–Crippen MR) is 98.5 cm³/mol. The van der Waals surface area contributed by atoms with Crippen LogP contribution in [0, 0.1) is 0 Å². The van der Waals surface area contributed by atoms with E-state index in [-0.39, 0.29) is 18.3 Å². The molecule has 0 heterocycles. The Morgan fingerprint density at radius 3 is 1.39 bits per heavy atom. The Bertz CT molecular complexity index is 460. The lowest BCUT2D eigenvalue weighted by atomic mass is 9.61. The quantitative estimate of drug-likeness (QED) is 0.311. The van der Waals surface area contributed by atoms with E-state index in [1.54, 1.807) is 0 Å². The molecular formula is C12H8Br6. The minimum atomic E-state index is -0.108. The molecule has 2 aliphatic carbocycles. The van der Waals surface area contributed by atoms with Crippen molar-refractivity contribution in [1.82, 2.24) is 0 Å². The van der Waals surface area contributed by atoms with Crippen molar-refractivity contribution in [3.05, 3.63) is 35.4 Å². The second kappa shape index (κ2) is 4.80. The van der Waals surface area contributed by atoms with Crippen molar-refractivity contribution in [3.63, 3.8) is 0 Å². The maximum absolute atomic E-state index is 4.00. The Hall–Kier alpha value is 2.10. The first kappa shape index (κ1) is 15.0. The molecule has 6 heteroatoms. The number of halogens is 6. The highest BCUT2D eigenvalue weighted by Crippen LogP contribution is 2.73. The third kappa shape index (κ3) is 1.57. The third-order valence-corrected chi connectivity index (χ3v) is 15.6. The smallest absolute Gasteiger partial charge is 0.0849 e. The average molecular weight is 632 g/mol. The van der Waals surface area contributed by atoms with E-state index >= 15 is 0 Å². The summed E-state index contributed by atoms with van der Waals surface area (Å²) in [6.07, 6.45) is 0. The van der Waals surface area contributed by atoms with Gasteiger partial charge in [-0.1, -0.05) is 120 Å². The molecule has 2 aliphatic rings. The summed E-state index contributed by atoms with van der Waals surface area (Å²) in [5.74, 6) is 0. The monoisotopic (exact) mass is 626 g/mol. The first-order chi connectivity index (χ1) is 8.36.